The van der Waals surface area contributed by atoms with Crippen LogP contribution in [0.25, 0.3) is 0 Å². The molecular formula is C30H43ClO3. The van der Waals surface area contributed by atoms with E-state index < -0.39 is 0 Å². The fourth-order valence-corrected chi connectivity index (χ4v) is 4.33. The number of rotatable bonds is 17. The van der Waals surface area contributed by atoms with Crippen molar-refractivity contribution in [2.45, 2.75) is 96.8 Å². The second-order valence-corrected chi connectivity index (χ2v) is 10.0. The van der Waals surface area contributed by atoms with Crippen LogP contribution in [0.5, 0.6) is 11.5 Å². The first-order chi connectivity index (χ1) is 16.5. The van der Waals surface area contributed by atoms with Crippen LogP contribution in [0.2, 0.25) is 0 Å². The molecule has 0 saturated carbocycles. The highest BCUT2D eigenvalue weighted by molar-refractivity contribution is 6.20. The highest BCUT2D eigenvalue weighted by Gasteiger charge is 2.10. The van der Waals surface area contributed by atoms with Gasteiger partial charge in [-0.15, -0.1) is 11.6 Å². The molecule has 0 aromatic heterocycles. The summed E-state index contributed by atoms with van der Waals surface area (Å²) in [6, 6.07) is 15.1. The van der Waals surface area contributed by atoms with Crippen molar-refractivity contribution in [2.24, 2.45) is 5.92 Å². The number of alkyl halides is 1. The first-order valence-corrected chi connectivity index (χ1v) is 13.6. The average Bonchev–Trinajstić information content (AvgIpc) is 2.85. The van der Waals surface area contributed by atoms with Crippen molar-refractivity contribution in [1.29, 1.82) is 0 Å². The summed E-state index contributed by atoms with van der Waals surface area (Å²) in [6.45, 7) is 7.28. The zero-order chi connectivity index (χ0) is 24.6. The molecule has 0 aliphatic rings. The molecule has 0 fully saturated rings. The predicted molar refractivity (Wildman–Crippen MR) is 143 cm³/mol. The Kier molecular flexibility index (Phi) is 13.8. The Morgan fingerprint density at radius 1 is 0.853 bits per heavy atom. The SMILES string of the molecule is CCCCCCCCc1ccc(OC(=O)c2ccc(OCCC[C@@H](C)CC(Cl)CC)cc2)cc1. The van der Waals surface area contributed by atoms with E-state index in [0.717, 1.165) is 37.9 Å². The van der Waals surface area contributed by atoms with E-state index >= 15 is 0 Å². The quantitative estimate of drug-likeness (QED) is 0.0967. The van der Waals surface area contributed by atoms with Crippen LogP contribution in [-0.2, 0) is 6.42 Å². The summed E-state index contributed by atoms with van der Waals surface area (Å²) in [5, 5.41) is 0.270. The van der Waals surface area contributed by atoms with E-state index in [1.165, 1.54) is 44.1 Å². The van der Waals surface area contributed by atoms with Gasteiger partial charge in [0, 0.05) is 5.38 Å². The maximum absolute atomic E-state index is 12.5. The summed E-state index contributed by atoms with van der Waals surface area (Å²) in [7, 11) is 0. The van der Waals surface area contributed by atoms with Crippen LogP contribution in [0.3, 0.4) is 0 Å². The molecule has 0 amide bonds. The first kappa shape index (κ1) is 28.2. The zero-order valence-electron chi connectivity index (χ0n) is 21.4. The lowest BCUT2D eigenvalue weighted by Crippen LogP contribution is -2.09. The van der Waals surface area contributed by atoms with Gasteiger partial charge in [0.15, 0.2) is 0 Å². The first-order valence-electron chi connectivity index (χ1n) is 13.2. The van der Waals surface area contributed by atoms with Gasteiger partial charge in [0.1, 0.15) is 11.5 Å². The summed E-state index contributed by atoms with van der Waals surface area (Å²) in [6.07, 6.45) is 13.0. The van der Waals surface area contributed by atoms with Crippen LogP contribution < -0.4 is 9.47 Å². The van der Waals surface area contributed by atoms with Gasteiger partial charge in [-0.1, -0.05) is 65.0 Å². The molecule has 1 unspecified atom stereocenters. The topological polar surface area (TPSA) is 35.5 Å². The van der Waals surface area contributed by atoms with Crippen molar-refractivity contribution >= 4 is 17.6 Å². The smallest absolute Gasteiger partial charge is 0.343 e. The van der Waals surface area contributed by atoms with Gasteiger partial charge in [-0.05, 0) is 86.4 Å². The number of hydrogen-bond donors (Lipinski definition) is 0. The fraction of sp³-hybridized carbons (Fsp3) is 0.567. The minimum Gasteiger partial charge on any atom is -0.494 e. The van der Waals surface area contributed by atoms with E-state index in [0.29, 0.717) is 23.8 Å². The summed E-state index contributed by atoms with van der Waals surface area (Å²) in [4.78, 5) is 12.5. The number of aryl methyl sites for hydroxylation is 1. The Morgan fingerprint density at radius 2 is 1.50 bits per heavy atom. The van der Waals surface area contributed by atoms with Crippen LogP contribution in [0, 0.1) is 5.92 Å². The van der Waals surface area contributed by atoms with E-state index in [1.807, 2.05) is 24.3 Å². The molecule has 0 bridgehead atoms. The molecule has 34 heavy (non-hydrogen) atoms. The van der Waals surface area contributed by atoms with E-state index in [4.69, 9.17) is 21.1 Å². The Balaban J connectivity index is 1.69. The summed E-state index contributed by atoms with van der Waals surface area (Å²) in [5.74, 6) is 1.60. The second kappa shape index (κ2) is 16.6. The Bertz CT molecular complexity index is 801. The van der Waals surface area contributed by atoms with Crippen molar-refractivity contribution in [1.82, 2.24) is 0 Å². The molecule has 0 heterocycles. The van der Waals surface area contributed by atoms with Gasteiger partial charge in [-0.25, -0.2) is 4.79 Å². The fourth-order valence-electron chi connectivity index (χ4n) is 4.03. The van der Waals surface area contributed by atoms with Crippen LogP contribution in [-0.4, -0.2) is 18.0 Å². The molecule has 2 aromatic carbocycles. The van der Waals surface area contributed by atoms with Gasteiger partial charge in [0.2, 0.25) is 0 Å². The van der Waals surface area contributed by atoms with Gasteiger partial charge in [-0.2, -0.15) is 0 Å². The standard InChI is InChI=1S/C30H43ClO3/c1-4-6-7-8-9-10-13-25-14-18-29(19-15-25)34-30(32)26-16-20-28(21-17-26)33-22-11-12-24(3)23-27(31)5-2/h14-21,24,27H,4-13,22-23H2,1-3H3/t24-,27?/m1/s1. The number of unbranched alkanes of at least 4 members (excludes halogenated alkanes) is 5. The summed E-state index contributed by atoms with van der Waals surface area (Å²) < 4.78 is 11.4. The van der Waals surface area contributed by atoms with Crippen LogP contribution >= 0.6 is 11.6 Å². The normalized spacial score (nSPS) is 12.8. The molecule has 0 spiro atoms. The molecule has 0 N–H and O–H groups in total. The Labute approximate surface area is 212 Å². The Hall–Kier alpha value is -2.00. The summed E-state index contributed by atoms with van der Waals surface area (Å²) >= 11 is 6.23. The molecule has 0 saturated heterocycles. The number of ether oxygens (including phenoxy) is 2. The molecule has 2 aromatic rings. The third-order valence-corrected chi connectivity index (χ3v) is 6.74. The lowest BCUT2D eigenvalue weighted by atomic mass is 9.99. The molecule has 2 atom stereocenters. The van der Waals surface area contributed by atoms with Crippen molar-refractivity contribution < 1.29 is 14.3 Å². The number of esters is 1. The number of carbonyl (C=O) groups excluding carboxylic acids is 1. The number of carbonyl (C=O) groups is 1. The molecule has 3 nitrogen and oxygen atoms in total. The van der Waals surface area contributed by atoms with Crippen LogP contribution in [0.4, 0.5) is 0 Å². The van der Waals surface area contributed by atoms with Crippen LogP contribution in [0.15, 0.2) is 48.5 Å². The Morgan fingerprint density at radius 3 is 2.18 bits per heavy atom. The van der Waals surface area contributed by atoms with E-state index in [9.17, 15) is 4.79 Å². The van der Waals surface area contributed by atoms with Gasteiger partial charge < -0.3 is 9.47 Å². The van der Waals surface area contributed by atoms with Crippen molar-refractivity contribution in [3.05, 3.63) is 59.7 Å². The lowest BCUT2D eigenvalue weighted by Gasteiger charge is -2.14. The van der Waals surface area contributed by atoms with Gasteiger partial charge in [0.05, 0.1) is 12.2 Å². The minimum absolute atomic E-state index is 0.270. The molecule has 2 rings (SSSR count). The maximum Gasteiger partial charge on any atom is 0.343 e. The molecular weight excluding hydrogens is 444 g/mol. The third kappa shape index (κ3) is 11.4. The van der Waals surface area contributed by atoms with Gasteiger partial charge in [0.25, 0.3) is 0 Å². The van der Waals surface area contributed by atoms with Crippen molar-refractivity contribution in [3.63, 3.8) is 0 Å². The molecule has 0 radical (unpaired) electrons. The maximum atomic E-state index is 12.5. The number of benzene rings is 2. The van der Waals surface area contributed by atoms with Crippen molar-refractivity contribution in [2.75, 3.05) is 6.61 Å². The minimum atomic E-state index is -0.351. The van der Waals surface area contributed by atoms with E-state index in [1.54, 1.807) is 12.1 Å². The number of hydrogen-bond acceptors (Lipinski definition) is 3. The largest absolute Gasteiger partial charge is 0.494 e. The van der Waals surface area contributed by atoms with E-state index in [2.05, 4.69) is 32.9 Å². The molecule has 188 valence electrons. The van der Waals surface area contributed by atoms with E-state index in [-0.39, 0.29) is 11.3 Å². The molecule has 4 heteroatoms. The van der Waals surface area contributed by atoms with Crippen LogP contribution in [0.1, 0.15) is 101 Å². The average molecular weight is 487 g/mol. The monoisotopic (exact) mass is 486 g/mol. The van der Waals surface area contributed by atoms with Gasteiger partial charge >= 0.3 is 5.97 Å². The number of halogens is 1. The third-order valence-electron chi connectivity index (χ3n) is 6.25. The predicted octanol–water partition coefficient (Wildman–Crippen LogP) is 9.01. The highest BCUT2D eigenvalue weighted by Crippen LogP contribution is 2.20. The molecule has 0 aliphatic heterocycles. The second-order valence-electron chi connectivity index (χ2n) is 9.41. The molecule has 0 aliphatic carbocycles. The highest BCUT2D eigenvalue weighted by atomic mass is 35.5. The summed E-state index contributed by atoms with van der Waals surface area (Å²) in [5.41, 5.74) is 1.81. The van der Waals surface area contributed by atoms with Crippen molar-refractivity contribution in [3.8, 4) is 11.5 Å². The lowest BCUT2D eigenvalue weighted by molar-refractivity contribution is 0.0734. The van der Waals surface area contributed by atoms with Gasteiger partial charge in [-0.3, -0.25) is 0 Å². The zero-order valence-corrected chi connectivity index (χ0v) is 22.1.